The highest BCUT2D eigenvalue weighted by Gasteiger charge is 2.42. The van der Waals surface area contributed by atoms with Gasteiger partial charge in [0.25, 0.3) is 0 Å². The lowest BCUT2D eigenvalue weighted by Crippen LogP contribution is -2.57. The van der Waals surface area contributed by atoms with Crippen LogP contribution in [-0.4, -0.2) is 6.71 Å². The van der Waals surface area contributed by atoms with Crippen molar-refractivity contribution in [1.82, 2.24) is 0 Å². The molecule has 0 bridgehead atoms. The minimum absolute atomic E-state index is 0.0261. The second-order valence-corrected chi connectivity index (χ2v) is 12.3. The Labute approximate surface area is 221 Å². The van der Waals surface area contributed by atoms with Crippen molar-refractivity contribution in [3.63, 3.8) is 0 Å². The molecule has 6 aromatic carbocycles. The Bertz CT molecular complexity index is 2000. The molecule has 0 radical (unpaired) electrons. The van der Waals surface area contributed by atoms with Crippen molar-refractivity contribution in [2.75, 3.05) is 0 Å². The van der Waals surface area contributed by atoms with Crippen molar-refractivity contribution >= 4 is 56.4 Å². The van der Waals surface area contributed by atoms with Gasteiger partial charge in [-0.15, -0.1) is 0 Å². The normalized spacial score (nSPS) is 15.4. The third-order valence-electron chi connectivity index (χ3n) is 9.10. The molecule has 0 atom stereocenters. The van der Waals surface area contributed by atoms with Gasteiger partial charge in [-0.1, -0.05) is 128 Å². The predicted molar refractivity (Wildman–Crippen MR) is 160 cm³/mol. The summed E-state index contributed by atoms with van der Waals surface area (Å²) < 4.78 is 0. The van der Waals surface area contributed by atoms with Crippen LogP contribution >= 0.6 is 11.8 Å². The average Bonchev–Trinajstić information content (AvgIpc) is 3.17. The van der Waals surface area contributed by atoms with Crippen molar-refractivity contribution < 1.29 is 0 Å². The first-order valence-corrected chi connectivity index (χ1v) is 14.0. The predicted octanol–water partition coefficient (Wildman–Crippen LogP) is 7.26. The minimum atomic E-state index is -0.0261. The number of hydrogen-bond acceptors (Lipinski definition) is 1. The molecule has 0 unspecified atom stereocenters. The van der Waals surface area contributed by atoms with Gasteiger partial charge in [0.05, 0.1) is 0 Å². The Kier molecular flexibility index (Phi) is 3.72. The summed E-state index contributed by atoms with van der Waals surface area (Å²) in [6.07, 6.45) is 0. The average molecular weight is 486 g/mol. The molecule has 2 aliphatic heterocycles. The van der Waals surface area contributed by atoms with E-state index < -0.39 is 0 Å². The fourth-order valence-corrected chi connectivity index (χ4v) is 8.91. The molecule has 0 amide bonds. The standard InChI is InChI=1S/C35H23BS/c1-35(2)27-14-6-5-11-22(27)26-19-25-23-12-8-16-30-33(23)36(28-15-7-13-24(31(25)28)32(26)35)29-18-17-20-9-3-4-10-21(20)34(29)37-30/h3-19H,1-2H3. The third-order valence-corrected chi connectivity index (χ3v) is 10.3. The SMILES string of the molecule is CC1(C)c2ccccc2-c2cc3c4c(cccc4c21)B1c2ccc4ccccc4c2Sc2cccc-3c21. The van der Waals surface area contributed by atoms with Crippen molar-refractivity contribution in [1.29, 1.82) is 0 Å². The van der Waals surface area contributed by atoms with Crippen LogP contribution in [0.2, 0.25) is 0 Å². The maximum absolute atomic E-state index is 2.52. The number of fused-ring (bicyclic) bond motifs is 10. The molecule has 0 N–H and O–H groups in total. The Morgan fingerprint density at radius 3 is 2.35 bits per heavy atom. The second-order valence-electron chi connectivity index (χ2n) is 11.2. The van der Waals surface area contributed by atoms with E-state index in [0.717, 1.165) is 0 Å². The first-order chi connectivity index (χ1) is 18.1. The zero-order valence-corrected chi connectivity index (χ0v) is 21.6. The Morgan fingerprint density at radius 2 is 1.41 bits per heavy atom. The molecule has 0 saturated heterocycles. The number of rotatable bonds is 0. The molecule has 0 nitrogen and oxygen atoms in total. The lowest BCUT2D eigenvalue weighted by Gasteiger charge is -2.35. The third kappa shape index (κ3) is 2.39. The van der Waals surface area contributed by atoms with Crippen LogP contribution in [0.1, 0.15) is 25.0 Å². The molecular formula is C35H23BS. The van der Waals surface area contributed by atoms with Crippen LogP contribution in [-0.2, 0) is 5.41 Å². The van der Waals surface area contributed by atoms with Gasteiger partial charge in [-0.25, -0.2) is 0 Å². The van der Waals surface area contributed by atoms with Gasteiger partial charge in [-0.05, 0) is 72.5 Å². The Hall–Kier alpha value is -3.75. The molecule has 3 aliphatic rings. The first-order valence-electron chi connectivity index (χ1n) is 13.2. The van der Waals surface area contributed by atoms with E-state index in [9.17, 15) is 0 Å². The molecule has 0 saturated carbocycles. The van der Waals surface area contributed by atoms with Crippen LogP contribution in [0.3, 0.4) is 0 Å². The maximum Gasteiger partial charge on any atom is 0.245 e. The van der Waals surface area contributed by atoms with E-state index in [2.05, 4.69) is 117 Å². The largest absolute Gasteiger partial charge is 0.245 e. The second kappa shape index (κ2) is 6.76. The first kappa shape index (κ1) is 20.3. The molecule has 1 aliphatic carbocycles. The summed E-state index contributed by atoms with van der Waals surface area (Å²) in [5.74, 6) is 0. The summed E-state index contributed by atoms with van der Waals surface area (Å²) in [5, 5.41) is 5.55. The number of benzene rings is 6. The van der Waals surface area contributed by atoms with Gasteiger partial charge >= 0.3 is 0 Å². The van der Waals surface area contributed by atoms with Gasteiger partial charge in [0.2, 0.25) is 6.71 Å². The van der Waals surface area contributed by atoms with Crippen LogP contribution in [0.5, 0.6) is 0 Å². The summed E-state index contributed by atoms with van der Waals surface area (Å²) in [6, 6.07) is 39.1. The molecule has 9 rings (SSSR count). The molecule has 2 heteroatoms. The zero-order chi connectivity index (χ0) is 24.5. The highest BCUT2D eigenvalue weighted by atomic mass is 32.2. The Balaban J connectivity index is 1.45. The van der Waals surface area contributed by atoms with Crippen LogP contribution in [0.4, 0.5) is 0 Å². The van der Waals surface area contributed by atoms with Crippen molar-refractivity contribution in [2.24, 2.45) is 0 Å². The summed E-state index contributed by atoms with van der Waals surface area (Å²) >= 11 is 1.96. The van der Waals surface area contributed by atoms with Crippen LogP contribution in [0.15, 0.2) is 113 Å². The lowest BCUT2D eigenvalue weighted by molar-refractivity contribution is 0.666. The van der Waals surface area contributed by atoms with E-state index in [-0.39, 0.29) is 12.1 Å². The van der Waals surface area contributed by atoms with E-state index in [1.54, 1.807) is 0 Å². The summed E-state index contributed by atoms with van der Waals surface area (Å²) in [5.41, 5.74) is 12.9. The molecule has 37 heavy (non-hydrogen) atoms. The van der Waals surface area contributed by atoms with E-state index in [4.69, 9.17) is 0 Å². The summed E-state index contributed by atoms with van der Waals surface area (Å²) in [4.78, 5) is 2.82. The van der Waals surface area contributed by atoms with Gasteiger partial charge in [0.15, 0.2) is 0 Å². The molecule has 0 spiro atoms. The van der Waals surface area contributed by atoms with Gasteiger partial charge in [0, 0.05) is 15.2 Å². The topological polar surface area (TPSA) is 0 Å². The van der Waals surface area contributed by atoms with Gasteiger partial charge in [0.1, 0.15) is 0 Å². The van der Waals surface area contributed by atoms with Crippen LogP contribution in [0, 0.1) is 0 Å². The van der Waals surface area contributed by atoms with Gasteiger partial charge < -0.3 is 0 Å². The van der Waals surface area contributed by atoms with Crippen molar-refractivity contribution in [3.05, 3.63) is 114 Å². The fourth-order valence-electron chi connectivity index (χ4n) is 7.60. The molecule has 6 aromatic rings. The van der Waals surface area contributed by atoms with Gasteiger partial charge in [-0.3, -0.25) is 0 Å². The molecule has 0 aromatic heterocycles. The Morgan fingerprint density at radius 1 is 0.622 bits per heavy atom. The van der Waals surface area contributed by atoms with Gasteiger partial charge in [-0.2, -0.15) is 0 Å². The molecular weight excluding hydrogens is 463 g/mol. The summed E-state index contributed by atoms with van der Waals surface area (Å²) in [6.45, 7) is 5.06. The van der Waals surface area contributed by atoms with E-state index in [1.165, 1.54) is 81.1 Å². The smallest absolute Gasteiger partial charge is 0.0905 e. The molecule has 0 fully saturated rings. The van der Waals surface area contributed by atoms with Crippen LogP contribution < -0.4 is 16.4 Å². The maximum atomic E-state index is 2.52. The number of hydrogen-bond donors (Lipinski definition) is 0. The van der Waals surface area contributed by atoms with Crippen LogP contribution in [0.25, 0.3) is 43.8 Å². The van der Waals surface area contributed by atoms with E-state index in [1.807, 2.05) is 11.8 Å². The summed E-state index contributed by atoms with van der Waals surface area (Å²) in [7, 11) is 0. The minimum Gasteiger partial charge on any atom is -0.0905 e. The lowest BCUT2D eigenvalue weighted by atomic mass is 9.33. The quantitative estimate of drug-likeness (QED) is 0.203. The van der Waals surface area contributed by atoms with E-state index in [0.29, 0.717) is 0 Å². The fraction of sp³-hybridized carbons (Fsp3) is 0.0857. The molecule has 2 heterocycles. The monoisotopic (exact) mass is 486 g/mol. The zero-order valence-electron chi connectivity index (χ0n) is 20.8. The molecule has 172 valence electrons. The van der Waals surface area contributed by atoms with E-state index >= 15 is 0 Å². The highest BCUT2D eigenvalue weighted by molar-refractivity contribution is 8.00. The highest BCUT2D eigenvalue weighted by Crippen LogP contribution is 2.53. The van der Waals surface area contributed by atoms with Crippen molar-refractivity contribution in [3.8, 4) is 22.3 Å². The van der Waals surface area contributed by atoms with Crippen molar-refractivity contribution in [2.45, 2.75) is 29.1 Å².